The molecule has 154 valence electrons. The fourth-order valence-electron chi connectivity index (χ4n) is 3.22. The molecule has 0 aliphatic rings. The smallest absolute Gasteiger partial charge is 0.242 e. The summed E-state index contributed by atoms with van der Waals surface area (Å²) in [7, 11) is 4.94. The van der Waals surface area contributed by atoms with Crippen molar-refractivity contribution in [3.8, 4) is 17.4 Å². The van der Waals surface area contributed by atoms with Crippen LogP contribution in [0.4, 0.5) is 5.82 Å². The van der Waals surface area contributed by atoms with Crippen molar-refractivity contribution >= 4 is 16.9 Å². The van der Waals surface area contributed by atoms with Crippen LogP contribution >= 0.6 is 0 Å². The highest BCUT2D eigenvalue weighted by Gasteiger charge is 2.13. The Bertz CT molecular complexity index is 1120. The molecular weight excluding hydrogens is 380 g/mol. The minimum atomic E-state index is 0.563. The summed E-state index contributed by atoms with van der Waals surface area (Å²) < 4.78 is 17.7. The van der Waals surface area contributed by atoms with Crippen LogP contribution in [0, 0.1) is 0 Å². The number of rotatable bonds is 8. The number of pyridine rings is 1. The van der Waals surface area contributed by atoms with Gasteiger partial charge in [-0.3, -0.25) is 0 Å². The molecule has 0 bridgehead atoms. The van der Waals surface area contributed by atoms with Gasteiger partial charge >= 0.3 is 0 Å². The normalized spacial score (nSPS) is 10.8. The van der Waals surface area contributed by atoms with Crippen molar-refractivity contribution in [2.45, 2.75) is 13.1 Å². The highest BCUT2D eigenvalue weighted by molar-refractivity contribution is 5.82. The molecule has 1 N–H and O–H groups in total. The molecule has 2 aromatic heterocycles. The van der Waals surface area contributed by atoms with E-state index in [9.17, 15) is 0 Å². The Hall–Kier alpha value is -3.74. The van der Waals surface area contributed by atoms with Crippen LogP contribution in [-0.4, -0.2) is 36.1 Å². The number of anilines is 1. The Morgan fingerprint density at radius 1 is 0.767 bits per heavy atom. The van der Waals surface area contributed by atoms with E-state index in [-0.39, 0.29) is 0 Å². The van der Waals surface area contributed by atoms with E-state index in [1.165, 1.54) is 0 Å². The quantitative estimate of drug-likeness (QED) is 0.476. The SMILES string of the molecule is COc1ccc(CNc2ccc3c(OC)nn(Cc4ccc(OC)cc4)c3n2)cc1. The van der Waals surface area contributed by atoms with Gasteiger partial charge in [-0.05, 0) is 47.5 Å². The van der Waals surface area contributed by atoms with Gasteiger partial charge in [-0.25, -0.2) is 9.67 Å². The summed E-state index contributed by atoms with van der Waals surface area (Å²) in [5, 5.41) is 8.83. The molecule has 0 atom stereocenters. The third kappa shape index (κ3) is 4.15. The fraction of sp³-hybridized carbons (Fsp3) is 0.217. The van der Waals surface area contributed by atoms with Gasteiger partial charge in [-0.15, -0.1) is 5.10 Å². The van der Waals surface area contributed by atoms with Crippen LogP contribution < -0.4 is 19.5 Å². The van der Waals surface area contributed by atoms with E-state index in [0.717, 1.165) is 39.5 Å². The summed E-state index contributed by atoms with van der Waals surface area (Å²) in [6, 6.07) is 19.8. The van der Waals surface area contributed by atoms with Crippen LogP contribution in [0.2, 0.25) is 0 Å². The van der Waals surface area contributed by atoms with E-state index in [1.807, 2.05) is 65.3 Å². The topological polar surface area (TPSA) is 70.4 Å². The summed E-state index contributed by atoms with van der Waals surface area (Å²) in [5.41, 5.74) is 3.01. The second kappa shape index (κ2) is 8.73. The average molecular weight is 404 g/mol. The molecule has 0 aliphatic heterocycles. The Kier molecular flexibility index (Phi) is 5.70. The van der Waals surface area contributed by atoms with E-state index in [1.54, 1.807) is 21.3 Å². The molecule has 0 radical (unpaired) electrons. The molecule has 4 rings (SSSR count). The number of aromatic nitrogens is 3. The van der Waals surface area contributed by atoms with Crippen molar-refractivity contribution in [3.05, 3.63) is 71.8 Å². The summed E-state index contributed by atoms with van der Waals surface area (Å²) in [6.45, 7) is 1.24. The zero-order chi connectivity index (χ0) is 20.9. The third-order valence-corrected chi connectivity index (χ3v) is 4.88. The molecule has 2 heterocycles. The molecule has 0 saturated carbocycles. The fourth-order valence-corrected chi connectivity index (χ4v) is 3.22. The molecule has 2 aromatic carbocycles. The first-order valence-electron chi connectivity index (χ1n) is 9.61. The predicted octanol–water partition coefficient (Wildman–Crippen LogP) is 4.12. The van der Waals surface area contributed by atoms with Crippen molar-refractivity contribution in [3.63, 3.8) is 0 Å². The molecule has 7 heteroatoms. The standard InChI is InChI=1S/C23H24N4O3/c1-28-18-8-4-16(5-9-18)14-24-21-13-12-20-22(25-21)27(26-23(20)30-3)15-17-6-10-19(29-2)11-7-17/h4-13H,14-15H2,1-3H3,(H,24,25). The molecular formula is C23H24N4O3. The number of nitrogens with one attached hydrogen (secondary N) is 1. The summed E-state index contributed by atoms with van der Waals surface area (Å²) in [4.78, 5) is 4.78. The van der Waals surface area contributed by atoms with Crippen molar-refractivity contribution in [1.29, 1.82) is 0 Å². The Labute approximate surface area is 175 Å². The van der Waals surface area contributed by atoms with E-state index in [4.69, 9.17) is 19.2 Å². The van der Waals surface area contributed by atoms with E-state index < -0.39 is 0 Å². The van der Waals surface area contributed by atoms with Crippen LogP contribution in [-0.2, 0) is 13.1 Å². The Morgan fingerprint density at radius 2 is 1.40 bits per heavy atom. The molecule has 0 amide bonds. The molecule has 0 saturated heterocycles. The number of methoxy groups -OCH3 is 3. The van der Waals surface area contributed by atoms with E-state index in [0.29, 0.717) is 19.0 Å². The predicted molar refractivity (Wildman–Crippen MR) is 116 cm³/mol. The second-order valence-corrected chi connectivity index (χ2v) is 6.78. The van der Waals surface area contributed by atoms with Gasteiger partial charge in [0, 0.05) is 6.54 Å². The molecule has 7 nitrogen and oxygen atoms in total. The van der Waals surface area contributed by atoms with Crippen molar-refractivity contribution < 1.29 is 14.2 Å². The number of hydrogen-bond donors (Lipinski definition) is 1. The first-order chi connectivity index (χ1) is 14.7. The maximum atomic E-state index is 5.45. The van der Waals surface area contributed by atoms with Gasteiger partial charge in [0.25, 0.3) is 0 Å². The third-order valence-electron chi connectivity index (χ3n) is 4.88. The van der Waals surface area contributed by atoms with Gasteiger partial charge in [-0.2, -0.15) is 0 Å². The van der Waals surface area contributed by atoms with Crippen molar-refractivity contribution in [2.75, 3.05) is 26.6 Å². The minimum Gasteiger partial charge on any atom is -0.497 e. The lowest BCUT2D eigenvalue weighted by atomic mass is 10.2. The number of ether oxygens (including phenoxy) is 3. The van der Waals surface area contributed by atoms with Gasteiger partial charge in [0.2, 0.25) is 5.88 Å². The van der Waals surface area contributed by atoms with Crippen LogP contribution in [0.25, 0.3) is 11.0 Å². The van der Waals surface area contributed by atoms with Gasteiger partial charge in [0.15, 0.2) is 5.65 Å². The lowest BCUT2D eigenvalue weighted by Gasteiger charge is -2.08. The van der Waals surface area contributed by atoms with Crippen molar-refractivity contribution in [1.82, 2.24) is 14.8 Å². The molecule has 0 spiro atoms. The van der Waals surface area contributed by atoms with Crippen LogP contribution in [0.1, 0.15) is 11.1 Å². The highest BCUT2D eigenvalue weighted by atomic mass is 16.5. The second-order valence-electron chi connectivity index (χ2n) is 6.78. The lowest BCUT2D eigenvalue weighted by Crippen LogP contribution is -2.05. The van der Waals surface area contributed by atoms with Gasteiger partial charge in [0.05, 0.1) is 33.3 Å². The first-order valence-corrected chi connectivity index (χ1v) is 9.61. The van der Waals surface area contributed by atoms with Crippen LogP contribution in [0.15, 0.2) is 60.7 Å². The van der Waals surface area contributed by atoms with Crippen LogP contribution in [0.3, 0.4) is 0 Å². The molecule has 30 heavy (non-hydrogen) atoms. The monoisotopic (exact) mass is 404 g/mol. The largest absolute Gasteiger partial charge is 0.497 e. The molecule has 0 aliphatic carbocycles. The zero-order valence-corrected chi connectivity index (χ0v) is 17.3. The summed E-state index contributed by atoms with van der Waals surface area (Å²) >= 11 is 0. The van der Waals surface area contributed by atoms with Gasteiger partial charge in [0.1, 0.15) is 17.3 Å². The molecule has 0 unspecified atom stereocenters. The zero-order valence-electron chi connectivity index (χ0n) is 17.3. The maximum absolute atomic E-state index is 5.45. The Morgan fingerprint density at radius 3 is 2.00 bits per heavy atom. The summed E-state index contributed by atoms with van der Waals surface area (Å²) in [6.07, 6.45) is 0. The maximum Gasteiger partial charge on any atom is 0.242 e. The van der Waals surface area contributed by atoms with Crippen molar-refractivity contribution in [2.24, 2.45) is 0 Å². The van der Waals surface area contributed by atoms with E-state index >= 15 is 0 Å². The number of benzene rings is 2. The molecule has 0 fully saturated rings. The minimum absolute atomic E-state index is 0.563. The molecule has 4 aromatic rings. The van der Waals surface area contributed by atoms with Gasteiger partial charge < -0.3 is 19.5 Å². The Balaban J connectivity index is 1.57. The number of hydrogen-bond acceptors (Lipinski definition) is 6. The first kappa shape index (κ1) is 19.6. The number of nitrogens with zero attached hydrogens (tertiary/aromatic N) is 3. The summed E-state index contributed by atoms with van der Waals surface area (Å²) in [5.74, 6) is 3.00. The average Bonchev–Trinajstić information content (AvgIpc) is 3.15. The lowest BCUT2D eigenvalue weighted by molar-refractivity contribution is 0.394. The van der Waals surface area contributed by atoms with E-state index in [2.05, 4.69) is 10.4 Å². The highest BCUT2D eigenvalue weighted by Crippen LogP contribution is 2.26. The van der Waals surface area contributed by atoms with Crippen LogP contribution in [0.5, 0.6) is 17.4 Å². The van der Waals surface area contributed by atoms with Gasteiger partial charge in [-0.1, -0.05) is 24.3 Å². The number of fused-ring (bicyclic) bond motifs is 1.